The average Bonchev–Trinajstić information content (AvgIpc) is 2.42. The van der Waals surface area contributed by atoms with Gasteiger partial charge < -0.3 is 5.73 Å². The van der Waals surface area contributed by atoms with Gasteiger partial charge in [-0.15, -0.1) is 0 Å². The summed E-state index contributed by atoms with van der Waals surface area (Å²) < 4.78 is 24.9. The molecule has 2 rings (SSSR count). The van der Waals surface area contributed by atoms with E-state index in [1.54, 1.807) is 0 Å². The third-order valence-electron chi connectivity index (χ3n) is 3.92. The molecule has 1 fully saturated rings. The van der Waals surface area contributed by atoms with Crippen molar-refractivity contribution < 1.29 is 8.78 Å². The van der Waals surface area contributed by atoms with Crippen LogP contribution in [0.4, 0.5) is 8.78 Å². The lowest BCUT2D eigenvalue weighted by atomic mass is 9.93. The minimum atomic E-state index is -2.37. The van der Waals surface area contributed by atoms with E-state index in [1.807, 2.05) is 12.1 Å². The highest BCUT2D eigenvalue weighted by Crippen LogP contribution is 2.22. The summed E-state index contributed by atoms with van der Waals surface area (Å²) in [5.41, 5.74) is 6.80. The second-order valence-corrected chi connectivity index (χ2v) is 5.34. The molecule has 1 heterocycles. The monoisotopic (exact) mass is 268 g/mol. The quantitative estimate of drug-likeness (QED) is 0.888. The van der Waals surface area contributed by atoms with Crippen LogP contribution in [-0.4, -0.2) is 24.5 Å². The van der Waals surface area contributed by atoms with Gasteiger partial charge >= 0.3 is 0 Å². The fourth-order valence-corrected chi connectivity index (χ4v) is 2.70. The van der Waals surface area contributed by atoms with E-state index in [9.17, 15) is 8.78 Å². The molecule has 2 N–H and O–H groups in total. The zero-order chi connectivity index (χ0) is 13.7. The molecule has 2 nitrogen and oxygen atoms in total. The molecule has 1 saturated heterocycles. The Morgan fingerprint density at radius 2 is 1.79 bits per heavy atom. The summed E-state index contributed by atoms with van der Waals surface area (Å²) in [7, 11) is 0. The SMILES string of the molecule is NCCC1CCN(Cc2ccc(C(F)F)cc2)CC1. The average molecular weight is 268 g/mol. The predicted octanol–water partition coefficient (Wildman–Crippen LogP) is 3.19. The highest BCUT2D eigenvalue weighted by Gasteiger charge is 2.18. The smallest absolute Gasteiger partial charge is 0.263 e. The van der Waals surface area contributed by atoms with Crippen LogP contribution in [-0.2, 0) is 6.54 Å². The van der Waals surface area contributed by atoms with Gasteiger partial charge in [0.05, 0.1) is 0 Å². The first-order chi connectivity index (χ1) is 9.19. The van der Waals surface area contributed by atoms with Crippen LogP contribution in [0.5, 0.6) is 0 Å². The zero-order valence-corrected chi connectivity index (χ0v) is 11.2. The van der Waals surface area contributed by atoms with Crippen LogP contribution in [0.1, 0.15) is 36.8 Å². The van der Waals surface area contributed by atoms with E-state index >= 15 is 0 Å². The van der Waals surface area contributed by atoms with E-state index in [-0.39, 0.29) is 5.56 Å². The Hall–Kier alpha value is -1.00. The zero-order valence-electron chi connectivity index (χ0n) is 11.2. The number of piperidine rings is 1. The predicted molar refractivity (Wildman–Crippen MR) is 73.1 cm³/mol. The van der Waals surface area contributed by atoms with Gasteiger partial charge in [-0.3, -0.25) is 4.90 Å². The number of alkyl halides is 2. The van der Waals surface area contributed by atoms with Gasteiger partial charge in [-0.05, 0) is 50.4 Å². The lowest BCUT2D eigenvalue weighted by Gasteiger charge is -2.31. The van der Waals surface area contributed by atoms with Gasteiger partial charge in [-0.2, -0.15) is 0 Å². The maximum atomic E-state index is 12.5. The van der Waals surface area contributed by atoms with Crippen molar-refractivity contribution >= 4 is 0 Å². The second kappa shape index (κ2) is 6.96. The maximum absolute atomic E-state index is 12.5. The van der Waals surface area contributed by atoms with Crippen LogP contribution < -0.4 is 5.73 Å². The van der Waals surface area contributed by atoms with Gasteiger partial charge in [0, 0.05) is 12.1 Å². The van der Waals surface area contributed by atoms with E-state index in [0.29, 0.717) is 0 Å². The molecule has 0 aromatic heterocycles. The van der Waals surface area contributed by atoms with Crippen molar-refractivity contribution in [2.45, 2.75) is 32.2 Å². The Balaban J connectivity index is 1.82. The van der Waals surface area contributed by atoms with Crippen molar-refractivity contribution in [1.82, 2.24) is 4.90 Å². The molecule has 0 radical (unpaired) electrons. The number of nitrogens with two attached hydrogens (primary N) is 1. The third-order valence-corrected chi connectivity index (χ3v) is 3.92. The van der Waals surface area contributed by atoms with Gasteiger partial charge in [0.2, 0.25) is 0 Å². The first-order valence-corrected chi connectivity index (χ1v) is 6.98. The number of nitrogens with zero attached hydrogens (tertiary/aromatic N) is 1. The normalized spacial score (nSPS) is 18.1. The van der Waals surface area contributed by atoms with Crippen LogP contribution >= 0.6 is 0 Å². The minimum absolute atomic E-state index is 0.102. The molecular formula is C15H22F2N2. The Labute approximate surface area is 113 Å². The molecule has 0 spiro atoms. The van der Waals surface area contributed by atoms with Gasteiger partial charge in [0.25, 0.3) is 6.43 Å². The molecule has 4 heteroatoms. The van der Waals surface area contributed by atoms with Crippen LogP contribution in [0.2, 0.25) is 0 Å². The van der Waals surface area contributed by atoms with Crippen LogP contribution in [0.15, 0.2) is 24.3 Å². The fourth-order valence-electron chi connectivity index (χ4n) is 2.70. The Kier molecular flexibility index (Phi) is 5.28. The molecule has 0 amide bonds. The number of hydrogen-bond donors (Lipinski definition) is 1. The van der Waals surface area contributed by atoms with Crippen LogP contribution in [0.25, 0.3) is 0 Å². The largest absolute Gasteiger partial charge is 0.330 e. The third kappa shape index (κ3) is 4.25. The lowest BCUT2D eigenvalue weighted by Crippen LogP contribution is -2.33. The molecule has 0 atom stereocenters. The van der Waals surface area contributed by atoms with E-state index in [2.05, 4.69) is 4.90 Å². The van der Waals surface area contributed by atoms with E-state index in [4.69, 9.17) is 5.73 Å². The standard InChI is InChI=1S/C15H22F2N2/c16-15(17)14-3-1-13(2-4-14)11-19-9-6-12(5-8-18)7-10-19/h1-4,12,15H,5-11,18H2. The summed E-state index contributed by atoms with van der Waals surface area (Å²) in [4.78, 5) is 2.39. The summed E-state index contributed by atoms with van der Waals surface area (Å²) in [6, 6.07) is 6.68. The number of hydrogen-bond acceptors (Lipinski definition) is 2. The molecule has 1 aliphatic heterocycles. The number of likely N-dealkylation sites (tertiary alicyclic amines) is 1. The van der Waals surface area contributed by atoms with E-state index in [0.717, 1.165) is 44.1 Å². The summed E-state index contributed by atoms with van der Waals surface area (Å²) in [6.45, 7) is 3.81. The molecule has 0 unspecified atom stereocenters. The van der Waals surface area contributed by atoms with Gasteiger partial charge in [-0.1, -0.05) is 24.3 Å². The van der Waals surface area contributed by atoms with Crippen molar-refractivity contribution in [2.75, 3.05) is 19.6 Å². The molecule has 106 valence electrons. The summed E-state index contributed by atoms with van der Waals surface area (Å²) >= 11 is 0. The van der Waals surface area contributed by atoms with Gasteiger partial charge in [0.15, 0.2) is 0 Å². The molecule has 0 aliphatic carbocycles. The first-order valence-electron chi connectivity index (χ1n) is 6.98. The first kappa shape index (κ1) is 14.4. The van der Waals surface area contributed by atoms with E-state index in [1.165, 1.54) is 25.0 Å². The molecule has 1 aromatic carbocycles. The topological polar surface area (TPSA) is 29.3 Å². The lowest BCUT2D eigenvalue weighted by molar-refractivity contribution is 0.151. The molecule has 19 heavy (non-hydrogen) atoms. The van der Waals surface area contributed by atoms with Crippen LogP contribution in [0, 0.1) is 5.92 Å². The Morgan fingerprint density at radius 3 is 2.32 bits per heavy atom. The van der Waals surface area contributed by atoms with E-state index < -0.39 is 6.43 Å². The van der Waals surface area contributed by atoms with Crippen molar-refractivity contribution in [3.63, 3.8) is 0 Å². The Bertz CT molecular complexity index is 370. The van der Waals surface area contributed by atoms with Crippen molar-refractivity contribution in [2.24, 2.45) is 11.7 Å². The van der Waals surface area contributed by atoms with Crippen molar-refractivity contribution in [1.29, 1.82) is 0 Å². The molecule has 1 aliphatic rings. The summed E-state index contributed by atoms with van der Waals surface area (Å²) in [5.74, 6) is 0.766. The highest BCUT2D eigenvalue weighted by molar-refractivity contribution is 5.23. The number of rotatable bonds is 5. The van der Waals surface area contributed by atoms with Gasteiger partial charge in [0.1, 0.15) is 0 Å². The van der Waals surface area contributed by atoms with Gasteiger partial charge in [-0.25, -0.2) is 8.78 Å². The van der Waals surface area contributed by atoms with Crippen molar-refractivity contribution in [3.05, 3.63) is 35.4 Å². The molecule has 0 bridgehead atoms. The highest BCUT2D eigenvalue weighted by atomic mass is 19.3. The summed E-state index contributed by atoms with van der Waals surface area (Å²) in [6.07, 6.45) is 1.15. The molecular weight excluding hydrogens is 246 g/mol. The molecule has 0 saturated carbocycles. The minimum Gasteiger partial charge on any atom is -0.330 e. The summed E-state index contributed by atoms with van der Waals surface area (Å²) in [5, 5.41) is 0. The fraction of sp³-hybridized carbons (Fsp3) is 0.600. The Morgan fingerprint density at radius 1 is 1.16 bits per heavy atom. The molecule has 1 aromatic rings. The van der Waals surface area contributed by atoms with Crippen LogP contribution in [0.3, 0.4) is 0 Å². The van der Waals surface area contributed by atoms with Crippen molar-refractivity contribution in [3.8, 4) is 0 Å². The number of halogens is 2. The number of benzene rings is 1. The second-order valence-electron chi connectivity index (χ2n) is 5.34. The maximum Gasteiger partial charge on any atom is 0.263 e.